The second-order valence-corrected chi connectivity index (χ2v) is 11.5. The fraction of sp³-hybridized carbons (Fsp3) is 0.235. The molecule has 7 nitrogen and oxygen atoms in total. The largest absolute Gasteiger partial charge is 0.355 e. The van der Waals surface area contributed by atoms with Crippen LogP contribution in [0.15, 0.2) is 79.3 Å². The first-order valence-corrected chi connectivity index (χ1v) is 14.9. The molecule has 2 unspecified atom stereocenters. The fourth-order valence-electron chi connectivity index (χ4n) is 5.83. The van der Waals surface area contributed by atoms with Crippen molar-refractivity contribution in [2.24, 2.45) is 5.92 Å². The standard InChI is InChI=1S/C34H30ClF2N5O2/c1-20-3-2-4-30(42-16-12-22(18-31(42)43)32-27(36)8-7-26(35)33(32)37)29-17-21(9-15-39-29)25-6-5-24(19-28(25)41-34(20)44)40-23-10-13-38-14-11-23/h5-11,13-15,17-20,30H,2-4,12,16H2,1H3,(H,38,40)(H,41,44). The molecule has 224 valence electrons. The van der Waals surface area contributed by atoms with Crippen molar-refractivity contribution in [3.8, 4) is 11.1 Å². The summed E-state index contributed by atoms with van der Waals surface area (Å²) in [5, 5.41) is 6.27. The van der Waals surface area contributed by atoms with Crippen LogP contribution in [0.4, 0.5) is 25.8 Å². The number of hydrogen-bond acceptors (Lipinski definition) is 5. The van der Waals surface area contributed by atoms with E-state index in [0.717, 1.165) is 34.6 Å². The van der Waals surface area contributed by atoms with E-state index in [9.17, 15) is 18.4 Å². The number of anilines is 3. The second-order valence-electron chi connectivity index (χ2n) is 11.1. The second kappa shape index (κ2) is 12.5. The molecule has 2 aliphatic rings. The van der Waals surface area contributed by atoms with Crippen LogP contribution in [0.5, 0.6) is 0 Å². The molecule has 10 heteroatoms. The van der Waals surface area contributed by atoms with Gasteiger partial charge in [-0.15, -0.1) is 0 Å². The molecule has 2 amide bonds. The van der Waals surface area contributed by atoms with Crippen molar-refractivity contribution in [2.75, 3.05) is 17.2 Å². The minimum atomic E-state index is -0.871. The van der Waals surface area contributed by atoms with Gasteiger partial charge in [-0.3, -0.25) is 19.6 Å². The van der Waals surface area contributed by atoms with Crippen LogP contribution >= 0.6 is 11.6 Å². The third-order valence-electron chi connectivity index (χ3n) is 8.19. The summed E-state index contributed by atoms with van der Waals surface area (Å²) in [7, 11) is 0. The number of amides is 2. The van der Waals surface area contributed by atoms with Crippen molar-refractivity contribution in [2.45, 2.75) is 38.6 Å². The van der Waals surface area contributed by atoms with Crippen molar-refractivity contribution >= 4 is 46.1 Å². The van der Waals surface area contributed by atoms with Crippen LogP contribution in [0.2, 0.25) is 5.02 Å². The number of nitrogens with one attached hydrogen (secondary N) is 2. The summed E-state index contributed by atoms with van der Waals surface area (Å²) in [4.78, 5) is 37.2. The van der Waals surface area contributed by atoms with Crippen molar-refractivity contribution in [3.63, 3.8) is 0 Å². The highest BCUT2D eigenvalue weighted by atomic mass is 35.5. The third-order valence-corrected chi connectivity index (χ3v) is 8.48. The van der Waals surface area contributed by atoms with Crippen molar-refractivity contribution in [1.82, 2.24) is 14.9 Å². The Hall–Kier alpha value is -4.63. The lowest BCUT2D eigenvalue weighted by molar-refractivity contribution is -0.129. The maximum Gasteiger partial charge on any atom is 0.247 e. The summed E-state index contributed by atoms with van der Waals surface area (Å²) in [6.07, 6.45) is 8.50. The van der Waals surface area contributed by atoms with E-state index < -0.39 is 11.6 Å². The molecule has 4 aromatic rings. The molecule has 4 heterocycles. The van der Waals surface area contributed by atoms with Gasteiger partial charge in [-0.25, -0.2) is 8.78 Å². The maximum atomic E-state index is 14.8. The number of carbonyl (C=O) groups excluding carboxylic acids is 2. The molecule has 2 aliphatic heterocycles. The Morgan fingerprint density at radius 1 is 0.977 bits per heavy atom. The molecule has 0 saturated heterocycles. The molecule has 0 radical (unpaired) electrons. The van der Waals surface area contributed by atoms with Crippen LogP contribution in [0.3, 0.4) is 0 Å². The summed E-state index contributed by atoms with van der Waals surface area (Å²) >= 11 is 5.91. The van der Waals surface area contributed by atoms with Gasteiger partial charge in [0.05, 0.1) is 28.0 Å². The van der Waals surface area contributed by atoms with E-state index in [-0.39, 0.29) is 52.9 Å². The predicted molar refractivity (Wildman–Crippen MR) is 167 cm³/mol. The lowest BCUT2D eigenvalue weighted by Gasteiger charge is -2.34. The maximum absolute atomic E-state index is 14.8. The molecular weight excluding hydrogens is 584 g/mol. The smallest absolute Gasteiger partial charge is 0.247 e. The number of benzene rings is 2. The fourth-order valence-corrected chi connectivity index (χ4v) is 5.99. The lowest BCUT2D eigenvalue weighted by Crippen LogP contribution is -2.38. The lowest BCUT2D eigenvalue weighted by atomic mass is 9.92. The SMILES string of the molecule is CC1CCCC(N2CCC(c3c(F)ccc(Cl)c3F)=CC2=O)c2cc(ccn2)-c2ccc(Nc3ccncc3)cc2NC1=O. The minimum absolute atomic E-state index is 0.0917. The molecular formula is C34H30ClF2N5O2. The molecule has 6 rings (SSSR count). The van der Waals surface area contributed by atoms with Crippen molar-refractivity contribution < 1.29 is 18.4 Å². The van der Waals surface area contributed by atoms with E-state index in [1.165, 1.54) is 6.08 Å². The third kappa shape index (κ3) is 6.05. The number of pyridine rings is 2. The summed E-state index contributed by atoms with van der Waals surface area (Å²) in [6.45, 7) is 2.14. The van der Waals surface area contributed by atoms with E-state index in [1.54, 1.807) is 23.5 Å². The van der Waals surface area contributed by atoms with Gasteiger partial charge in [-0.1, -0.05) is 31.0 Å². The van der Waals surface area contributed by atoms with E-state index in [0.29, 0.717) is 30.6 Å². The molecule has 2 N–H and O–H groups in total. The minimum Gasteiger partial charge on any atom is -0.355 e. The Bertz CT molecular complexity index is 1760. The number of aromatic nitrogens is 2. The van der Waals surface area contributed by atoms with Gasteiger partial charge in [-0.2, -0.15) is 0 Å². The van der Waals surface area contributed by atoms with E-state index in [2.05, 4.69) is 20.6 Å². The van der Waals surface area contributed by atoms with Crippen LogP contribution in [0.25, 0.3) is 16.7 Å². The number of nitrogens with zero attached hydrogens (tertiary/aromatic N) is 3. The molecule has 0 spiro atoms. The molecule has 44 heavy (non-hydrogen) atoms. The Kier molecular flexibility index (Phi) is 8.39. The molecule has 0 aliphatic carbocycles. The monoisotopic (exact) mass is 613 g/mol. The Labute approximate surface area is 259 Å². The first kappa shape index (κ1) is 29.4. The normalized spacial score (nSPS) is 18.8. The van der Waals surface area contributed by atoms with Gasteiger partial charge in [0.15, 0.2) is 5.82 Å². The van der Waals surface area contributed by atoms with Crippen LogP contribution < -0.4 is 10.6 Å². The van der Waals surface area contributed by atoms with Crippen molar-refractivity contribution in [3.05, 3.63) is 107 Å². The average molecular weight is 614 g/mol. The zero-order valence-corrected chi connectivity index (χ0v) is 24.7. The van der Waals surface area contributed by atoms with Gasteiger partial charge in [0, 0.05) is 54.1 Å². The zero-order valence-electron chi connectivity index (χ0n) is 24.0. The van der Waals surface area contributed by atoms with E-state index in [4.69, 9.17) is 11.6 Å². The quantitative estimate of drug-likeness (QED) is 0.228. The van der Waals surface area contributed by atoms with Crippen LogP contribution in [0.1, 0.15) is 49.9 Å². The first-order valence-electron chi connectivity index (χ1n) is 14.5. The average Bonchev–Trinajstić information content (AvgIpc) is 3.02. The van der Waals surface area contributed by atoms with E-state index >= 15 is 0 Å². The Morgan fingerprint density at radius 2 is 1.80 bits per heavy atom. The highest BCUT2D eigenvalue weighted by Crippen LogP contribution is 2.38. The van der Waals surface area contributed by atoms with E-state index in [1.807, 2.05) is 49.4 Å². The van der Waals surface area contributed by atoms with Gasteiger partial charge in [0.1, 0.15) is 5.82 Å². The first-order chi connectivity index (χ1) is 21.3. The molecule has 2 atom stereocenters. The van der Waals surface area contributed by atoms with Crippen LogP contribution in [-0.2, 0) is 9.59 Å². The van der Waals surface area contributed by atoms with Crippen LogP contribution in [-0.4, -0.2) is 33.2 Å². The Balaban J connectivity index is 1.36. The van der Waals surface area contributed by atoms with Gasteiger partial charge < -0.3 is 15.5 Å². The molecule has 2 bridgehead atoms. The number of carbonyl (C=O) groups is 2. The molecule has 2 aromatic carbocycles. The Morgan fingerprint density at radius 3 is 2.59 bits per heavy atom. The number of halogens is 3. The highest BCUT2D eigenvalue weighted by Gasteiger charge is 2.31. The summed E-state index contributed by atoms with van der Waals surface area (Å²) in [6, 6.07) is 15.2. The van der Waals surface area contributed by atoms with Gasteiger partial charge >= 0.3 is 0 Å². The molecule has 0 fully saturated rings. The predicted octanol–water partition coefficient (Wildman–Crippen LogP) is 7.93. The number of fused-ring (bicyclic) bond motifs is 4. The van der Waals surface area contributed by atoms with Crippen LogP contribution in [0, 0.1) is 17.6 Å². The topological polar surface area (TPSA) is 87.2 Å². The van der Waals surface area contributed by atoms with Gasteiger partial charge in [0.2, 0.25) is 11.8 Å². The highest BCUT2D eigenvalue weighted by molar-refractivity contribution is 6.31. The number of rotatable bonds is 4. The summed E-state index contributed by atoms with van der Waals surface area (Å²) in [5.74, 6) is -2.35. The molecule has 2 aromatic heterocycles. The molecule has 0 saturated carbocycles. The summed E-state index contributed by atoms with van der Waals surface area (Å²) < 4.78 is 29.4. The van der Waals surface area contributed by atoms with Gasteiger partial charge in [-0.05, 0) is 78.9 Å². The van der Waals surface area contributed by atoms with Crippen molar-refractivity contribution in [1.29, 1.82) is 0 Å². The number of hydrogen-bond donors (Lipinski definition) is 2. The summed E-state index contributed by atoms with van der Waals surface area (Å²) in [5.41, 5.74) is 4.69. The van der Waals surface area contributed by atoms with Gasteiger partial charge in [0.25, 0.3) is 0 Å². The zero-order chi connectivity index (χ0) is 30.8.